The van der Waals surface area contributed by atoms with E-state index in [4.69, 9.17) is 16.3 Å². The first-order valence-corrected chi connectivity index (χ1v) is 5.87. The van der Waals surface area contributed by atoms with E-state index in [0.717, 1.165) is 12.1 Å². The Morgan fingerprint density at radius 2 is 2.29 bits per heavy atom. The number of hydrogen-bond donors (Lipinski definition) is 1. The quantitative estimate of drug-likeness (QED) is 0.892. The molecular weight excluding hydrogens is 240 g/mol. The van der Waals surface area contributed by atoms with Crippen LogP contribution in [0.1, 0.15) is 6.42 Å². The van der Waals surface area contributed by atoms with Crippen LogP contribution < -0.4 is 15.0 Å². The average Bonchev–Trinajstić information content (AvgIpc) is 2.70. The van der Waals surface area contributed by atoms with E-state index in [1.807, 2.05) is 6.07 Å². The number of benzene rings is 1. The number of nitrogens with zero attached hydrogens (tertiary/aromatic N) is 1. The van der Waals surface area contributed by atoms with Crippen molar-refractivity contribution in [1.82, 2.24) is 5.32 Å². The Bertz CT molecular complexity index is 437. The third-order valence-corrected chi connectivity index (χ3v) is 3.30. The van der Waals surface area contributed by atoms with Crippen molar-refractivity contribution in [3.63, 3.8) is 0 Å². The maximum Gasteiger partial charge on any atom is 0.244 e. The lowest BCUT2D eigenvalue weighted by atomic mass is 10.2. The van der Waals surface area contributed by atoms with E-state index >= 15 is 0 Å². The summed E-state index contributed by atoms with van der Waals surface area (Å²) in [5.41, 5.74) is 0.818. The number of hydrogen-bond acceptors (Lipinski definition) is 3. The molecule has 0 aliphatic carbocycles. The molecule has 1 aliphatic rings. The molecule has 0 spiro atoms. The molecule has 1 aromatic rings. The van der Waals surface area contributed by atoms with E-state index in [0.29, 0.717) is 17.3 Å². The lowest BCUT2D eigenvalue weighted by Crippen LogP contribution is -2.36. The highest BCUT2D eigenvalue weighted by Crippen LogP contribution is 2.30. The molecular formula is C12H15ClN2O2. The van der Waals surface area contributed by atoms with Gasteiger partial charge < -0.3 is 15.0 Å². The Balaban J connectivity index is 2.24. The van der Waals surface area contributed by atoms with Gasteiger partial charge in [0.1, 0.15) is 5.75 Å². The fourth-order valence-corrected chi connectivity index (χ4v) is 2.28. The average molecular weight is 255 g/mol. The van der Waals surface area contributed by atoms with Gasteiger partial charge in [-0.2, -0.15) is 0 Å². The summed E-state index contributed by atoms with van der Waals surface area (Å²) in [6.07, 6.45) is 0.818. The summed E-state index contributed by atoms with van der Waals surface area (Å²) in [4.78, 5) is 13.7. The van der Waals surface area contributed by atoms with E-state index in [1.54, 1.807) is 31.2 Å². The first kappa shape index (κ1) is 12.2. The highest BCUT2D eigenvalue weighted by molar-refractivity contribution is 6.32. The van der Waals surface area contributed by atoms with Crippen molar-refractivity contribution >= 4 is 23.2 Å². The Morgan fingerprint density at radius 1 is 1.53 bits per heavy atom. The molecule has 1 aromatic carbocycles. The van der Waals surface area contributed by atoms with Gasteiger partial charge in [0.05, 0.1) is 18.2 Å². The van der Waals surface area contributed by atoms with E-state index in [1.165, 1.54) is 0 Å². The van der Waals surface area contributed by atoms with Crippen molar-refractivity contribution in [2.45, 2.75) is 12.5 Å². The molecule has 4 nitrogen and oxygen atoms in total. The van der Waals surface area contributed by atoms with Crippen LogP contribution in [0.4, 0.5) is 5.69 Å². The van der Waals surface area contributed by atoms with Gasteiger partial charge in [0.15, 0.2) is 0 Å². The van der Waals surface area contributed by atoms with Crippen molar-refractivity contribution in [3.05, 3.63) is 23.2 Å². The summed E-state index contributed by atoms with van der Waals surface area (Å²) in [7, 11) is 3.37. The van der Waals surface area contributed by atoms with Crippen molar-refractivity contribution < 1.29 is 9.53 Å². The van der Waals surface area contributed by atoms with Gasteiger partial charge in [-0.3, -0.25) is 4.79 Å². The Morgan fingerprint density at radius 3 is 2.82 bits per heavy atom. The summed E-state index contributed by atoms with van der Waals surface area (Å²) in [5.74, 6) is 0.709. The van der Waals surface area contributed by atoms with Crippen LogP contribution in [0.2, 0.25) is 5.02 Å². The SMILES string of the molecule is CNC1CCN(c2ccc(OC)c(Cl)c2)C1=O. The number of halogens is 1. The van der Waals surface area contributed by atoms with E-state index < -0.39 is 0 Å². The van der Waals surface area contributed by atoms with E-state index in [2.05, 4.69) is 5.32 Å². The Labute approximate surface area is 106 Å². The molecule has 1 heterocycles. The first-order valence-electron chi connectivity index (χ1n) is 5.49. The number of nitrogens with one attached hydrogen (secondary N) is 1. The van der Waals surface area contributed by atoms with Gasteiger partial charge in [0.25, 0.3) is 0 Å². The van der Waals surface area contributed by atoms with Crippen molar-refractivity contribution in [1.29, 1.82) is 0 Å². The minimum atomic E-state index is -0.0872. The normalized spacial score (nSPS) is 19.8. The number of likely N-dealkylation sites (N-methyl/N-ethyl adjacent to an activating group) is 1. The minimum absolute atomic E-state index is 0.0872. The summed E-state index contributed by atoms with van der Waals surface area (Å²) in [6.45, 7) is 0.715. The summed E-state index contributed by atoms with van der Waals surface area (Å²) >= 11 is 6.05. The lowest BCUT2D eigenvalue weighted by Gasteiger charge is -2.17. The maximum atomic E-state index is 12.0. The molecule has 1 unspecified atom stereocenters. The highest BCUT2D eigenvalue weighted by atomic mass is 35.5. The molecule has 0 saturated carbocycles. The predicted octanol–water partition coefficient (Wildman–Crippen LogP) is 1.67. The van der Waals surface area contributed by atoms with E-state index in [9.17, 15) is 4.79 Å². The smallest absolute Gasteiger partial charge is 0.244 e. The minimum Gasteiger partial charge on any atom is -0.495 e. The molecule has 5 heteroatoms. The summed E-state index contributed by atoms with van der Waals surface area (Å²) in [6, 6.07) is 5.30. The third kappa shape index (κ3) is 2.23. The molecule has 2 rings (SSSR count). The molecule has 0 radical (unpaired) electrons. The van der Waals surface area contributed by atoms with E-state index in [-0.39, 0.29) is 11.9 Å². The maximum absolute atomic E-state index is 12.0. The fraction of sp³-hybridized carbons (Fsp3) is 0.417. The second kappa shape index (κ2) is 4.94. The molecule has 0 aromatic heterocycles. The van der Waals surface area contributed by atoms with Gasteiger partial charge in [-0.25, -0.2) is 0 Å². The first-order chi connectivity index (χ1) is 8.17. The third-order valence-electron chi connectivity index (χ3n) is 3.00. The van der Waals surface area contributed by atoms with Crippen LogP contribution in [0.15, 0.2) is 18.2 Å². The molecule has 17 heavy (non-hydrogen) atoms. The lowest BCUT2D eigenvalue weighted by molar-refractivity contribution is -0.118. The van der Waals surface area contributed by atoms with Crippen molar-refractivity contribution in [3.8, 4) is 5.75 Å². The fourth-order valence-electron chi connectivity index (χ4n) is 2.03. The molecule has 0 bridgehead atoms. The number of amides is 1. The van der Waals surface area contributed by atoms with Crippen LogP contribution >= 0.6 is 11.6 Å². The number of rotatable bonds is 3. The van der Waals surface area contributed by atoms with Crippen molar-refractivity contribution in [2.24, 2.45) is 0 Å². The molecule has 1 saturated heterocycles. The number of methoxy groups -OCH3 is 1. The summed E-state index contributed by atoms with van der Waals surface area (Å²) < 4.78 is 5.08. The number of carbonyl (C=O) groups excluding carboxylic acids is 1. The second-order valence-electron chi connectivity index (χ2n) is 3.94. The van der Waals surface area contributed by atoms with Gasteiger partial charge in [-0.15, -0.1) is 0 Å². The van der Waals surface area contributed by atoms with Crippen LogP contribution in [-0.4, -0.2) is 32.7 Å². The molecule has 1 aliphatic heterocycles. The van der Waals surface area contributed by atoms with Crippen LogP contribution in [0.5, 0.6) is 5.75 Å². The zero-order valence-corrected chi connectivity index (χ0v) is 10.6. The van der Waals surface area contributed by atoms with Gasteiger partial charge in [-0.1, -0.05) is 11.6 Å². The molecule has 1 amide bonds. The second-order valence-corrected chi connectivity index (χ2v) is 4.35. The van der Waals surface area contributed by atoms with Crippen LogP contribution in [0, 0.1) is 0 Å². The van der Waals surface area contributed by atoms with Gasteiger partial charge in [0, 0.05) is 12.2 Å². The molecule has 92 valence electrons. The van der Waals surface area contributed by atoms with Crippen molar-refractivity contribution in [2.75, 3.05) is 25.6 Å². The number of ether oxygens (including phenoxy) is 1. The highest BCUT2D eigenvalue weighted by Gasteiger charge is 2.31. The van der Waals surface area contributed by atoms with Gasteiger partial charge in [-0.05, 0) is 31.7 Å². The number of carbonyl (C=O) groups is 1. The molecule has 1 N–H and O–H groups in total. The van der Waals surface area contributed by atoms with Crippen LogP contribution in [0.3, 0.4) is 0 Å². The Kier molecular flexibility index (Phi) is 3.54. The zero-order valence-electron chi connectivity index (χ0n) is 9.87. The van der Waals surface area contributed by atoms with Gasteiger partial charge in [0.2, 0.25) is 5.91 Å². The molecule has 1 fully saturated rings. The van der Waals surface area contributed by atoms with Gasteiger partial charge >= 0.3 is 0 Å². The largest absolute Gasteiger partial charge is 0.495 e. The van der Waals surface area contributed by atoms with Crippen LogP contribution in [0.25, 0.3) is 0 Å². The Hall–Kier alpha value is -1.26. The standard InChI is InChI=1S/C12H15ClN2O2/c1-14-10-5-6-15(12(10)16)8-3-4-11(17-2)9(13)7-8/h3-4,7,10,14H,5-6H2,1-2H3. The topological polar surface area (TPSA) is 41.6 Å². The summed E-state index contributed by atoms with van der Waals surface area (Å²) in [5, 5.41) is 3.52. The van der Waals surface area contributed by atoms with Crippen LogP contribution in [-0.2, 0) is 4.79 Å². The zero-order chi connectivity index (χ0) is 12.4. The number of anilines is 1. The monoisotopic (exact) mass is 254 g/mol. The molecule has 1 atom stereocenters. The predicted molar refractivity (Wildman–Crippen MR) is 67.8 cm³/mol.